The zero-order chi connectivity index (χ0) is 29.1. The van der Waals surface area contributed by atoms with Crippen LogP contribution in [0.25, 0.3) is 34.3 Å². The van der Waals surface area contributed by atoms with Gasteiger partial charge in [0.1, 0.15) is 11.3 Å². The summed E-state index contributed by atoms with van der Waals surface area (Å²) in [4.78, 5) is 19.3. The zero-order valence-electron chi connectivity index (χ0n) is 22.8. The number of rotatable bonds is 7. The number of nitrogens with zero attached hydrogens (tertiary/aromatic N) is 3. The molecule has 6 rings (SSSR count). The predicted octanol–water partition coefficient (Wildman–Crippen LogP) is 7.88. The van der Waals surface area contributed by atoms with E-state index in [1.165, 1.54) is 4.90 Å². The number of aliphatic hydroxyl groups is 1. The number of benzene rings is 4. The highest BCUT2D eigenvalue weighted by atomic mass is 32.1. The molecule has 7 heteroatoms. The fourth-order valence-electron chi connectivity index (χ4n) is 5.07. The van der Waals surface area contributed by atoms with Gasteiger partial charge in [0.2, 0.25) is 11.0 Å². The van der Waals surface area contributed by atoms with Crippen LogP contribution < -0.4 is 9.64 Å². The van der Waals surface area contributed by atoms with E-state index in [2.05, 4.69) is 9.56 Å². The molecular formula is C35H27N3O3S. The van der Waals surface area contributed by atoms with Crippen molar-refractivity contribution in [3.05, 3.63) is 132 Å². The first kappa shape index (κ1) is 26.9. The van der Waals surface area contributed by atoms with Gasteiger partial charge in [-0.05, 0) is 78.8 Å². The first-order valence-corrected chi connectivity index (χ1v) is 14.0. The van der Waals surface area contributed by atoms with Crippen molar-refractivity contribution >= 4 is 40.9 Å². The van der Waals surface area contributed by atoms with Crippen LogP contribution >= 0.6 is 12.2 Å². The molecule has 0 fully saturated rings. The van der Waals surface area contributed by atoms with E-state index in [9.17, 15) is 9.90 Å². The highest BCUT2D eigenvalue weighted by Crippen LogP contribution is 2.38. The molecule has 206 valence electrons. The second-order valence-corrected chi connectivity index (χ2v) is 9.95. The maximum atomic E-state index is 13.8. The van der Waals surface area contributed by atoms with Crippen LogP contribution in [0.2, 0.25) is 0 Å². The maximum Gasteiger partial charge on any atom is 0.270 e. The van der Waals surface area contributed by atoms with Gasteiger partial charge in [0.25, 0.3) is 5.91 Å². The van der Waals surface area contributed by atoms with E-state index in [4.69, 9.17) is 17.0 Å². The summed E-state index contributed by atoms with van der Waals surface area (Å²) in [5.41, 5.74) is 5.99. The SMILES string of the molecule is CCOc1ccc(-n2c(-c3ccccc3)cc(/C=C3/C(=O)N(c4ccccc4)C(=S)N=C3O)c2-c2ccccc2)cc1. The number of hydrogen-bond donors (Lipinski definition) is 1. The fraction of sp³-hybridized carbons (Fsp3) is 0.0571. The number of carbonyl (C=O) groups excluding carboxylic acids is 1. The van der Waals surface area contributed by atoms with Crippen LogP contribution in [0, 0.1) is 0 Å². The standard InChI is InChI=1S/C35H27N3O3S/c1-2-41-29-20-18-28(19-21-29)37-31(24-12-6-3-7-13-24)23-26(32(37)25-14-8-4-9-15-25)22-30-33(39)36-35(42)38(34(30)40)27-16-10-5-11-17-27/h3-23H,2H2,1H3,(H,36,39,42)/b30-22+. The van der Waals surface area contributed by atoms with Crippen molar-refractivity contribution in [1.82, 2.24) is 4.57 Å². The lowest BCUT2D eigenvalue weighted by atomic mass is 10.0. The number of ether oxygens (including phenoxy) is 1. The molecule has 1 N–H and O–H groups in total. The molecule has 42 heavy (non-hydrogen) atoms. The molecule has 1 aliphatic rings. The van der Waals surface area contributed by atoms with Crippen LogP contribution in [0.1, 0.15) is 12.5 Å². The number of thiocarbonyl (C=S) groups is 1. The number of anilines is 1. The average Bonchev–Trinajstić information content (AvgIpc) is 3.40. The van der Waals surface area contributed by atoms with Crippen LogP contribution in [0.4, 0.5) is 5.69 Å². The van der Waals surface area contributed by atoms with Crippen molar-refractivity contribution in [2.75, 3.05) is 11.5 Å². The van der Waals surface area contributed by atoms with Gasteiger partial charge in [-0.2, -0.15) is 4.99 Å². The summed E-state index contributed by atoms with van der Waals surface area (Å²) in [6.45, 7) is 2.53. The molecular weight excluding hydrogens is 542 g/mol. The zero-order valence-corrected chi connectivity index (χ0v) is 23.7. The number of aliphatic hydroxyl groups excluding tert-OH is 1. The van der Waals surface area contributed by atoms with Gasteiger partial charge in [-0.15, -0.1) is 0 Å². The van der Waals surface area contributed by atoms with Gasteiger partial charge in [-0.1, -0.05) is 78.9 Å². The lowest BCUT2D eigenvalue weighted by molar-refractivity contribution is -0.113. The molecule has 0 aliphatic carbocycles. The van der Waals surface area contributed by atoms with Crippen LogP contribution in [0.5, 0.6) is 5.75 Å². The first-order valence-electron chi connectivity index (χ1n) is 13.6. The number of para-hydroxylation sites is 1. The third kappa shape index (κ3) is 5.13. The summed E-state index contributed by atoms with van der Waals surface area (Å²) in [5, 5.41) is 10.9. The first-order chi connectivity index (χ1) is 20.5. The predicted molar refractivity (Wildman–Crippen MR) is 172 cm³/mol. The second-order valence-electron chi connectivity index (χ2n) is 9.58. The van der Waals surface area contributed by atoms with Crippen LogP contribution in [-0.4, -0.2) is 33.2 Å². The van der Waals surface area contributed by atoms with Crippen molar-refractivity contribution in [2.45, 2.75) is 6.92 Å². The van der Waals surface area contributed by atoms with Gasteiger partial charge in [0.15, 0.2) is 0 Å². The summed E-state index contributed by atoms with van der Waals surface area (Å²) in [7, 11) is 0. The molecule has 0 atom stereocenters. The summed E-state index contributed by atoms with van der Waals surface area (Å²) >= 11 is 5.38. The van der Waals surface area contributed by atoms with E-state index >= 15 is 0 Å². The highest BCUT2D eigenvalue weighted by molar-refractivity contribution is 7.80. The average molecular weight is 570 g/mol. The second kappa shape index (κ2) is 11.7. The quantitative estimate of drug-likeness (QED) is 0.160. The fourth-order valence-corrected chi connectivity index (χ4v) is 5.34. The minimum absolute atomic E-state index is 0.0129. The Morgan fingerprint density at radius 2 is 1.40 bits per heavy atom. The topological polar surface area (TPSA) is 67.1 Å². The van der Waals surface area contributed by atoms with E-state index in [0.29, 0.717) is 12.3 Å². The largest absolute Gasteiger partial charge is 0.494 e. The monoisotopic (exact) mass is 569 g/mol. The summed E-state index contributed by atoms with van der Waals surface area (Å²) in [6, 6.07) is 39.1. The van der Waals surface area contributed by atoms with Gasteiger partial charge in [0.05, 0.1) is 23.7 Å². The number of aromatic nitrogens is 1. The van der Waals surface area contributed by atoms with Crippen molar-refractivity contribution in [3.63, 3.8) is 0 Å². The Labute approximate surface area is 249 Å². The van der Waals surface area contributed by atoms with Crippen molar-refractivity contribution < 1.29 is 14.6 Å². The smallest absolute Gasteiger partial charge is 0.270 e. The van der Waals surface area contributed by atoms with E-state index < -0.39 is 11.8 Å². The number of amides is 1. The Bertz CT molecular complexity index is 1810. The molecule has 0 unspecified atom stereocenters. The molecule has 1 aliphatic heterocycles. The normalized spacial score (nSPS) is 14.3. The van der Waals surface area contributed by atoms with Crippen LogP contribution in [0.3, 0.4) is 0 Å². The summed E-state index contributed by atoms with van der Waals surface area (Å²) < 4.78 is 7.86. The van der Waals surface area contributed by atoms with Gasteiger partial charge in [-0.25, -0.2) is 0 Å². The Kier molecular flexibility index (Phi) is 7.49. The van der Waals surface area contributed by atoms with Gasteiger partial charge < -0.3 is 14.4 Å². The molecule has 0 saturated carbocycles. The van der Waals surface area contributed by atoms with E-state index in [1.807, 2.05) is 116 Å². The molecule has 6 nitrogen and oxygen atoms in total. The molecule has 0 saturated heterocycles. The minimum atomic E-state index is -0.451. The van der Waals surface area contributed by atoms with Crippen molar-refractivity contribution in [1.29, 1.82) is 0 Å². The molecule has 4 aromatic carbocycles. The van der Waals surface area contributed by atoms with Gasteiger partial charge in [-0.3, -0.25) is 9.69 Å². The maximum absolute atomic E-state index is 13.8. The molecule has 2 heterocycles. The number of carbonyl (C=O) groups is 1. The molecule has 1 aromatic heterocycles. The highest BCUT2D eigenvalue weighted by Gasteiger charge is 2.32. The Morgan fingerprint density at radius 1 is 0.810 bits per heavy atom. The number of aliphatic imine (C=N–C) groups is 1. The van der Waals surface area contributed by atoms with E-state index in [1.54, 1.807) is 18.2 Å². The lowest BCUT2D eigenvalue weighted by Crippen LogP contribution is -2.42. The molecule has 0 spiro atoms. The Morgan fingerprint density at radius 3 is 2.02 bits per heavy atom. The molecule has 0 radical (unpaired) electrons. The van der Waals surface area contributed by atoms with Crippen molar-refractivity contribution in [2.24, 2.45) is 4.99 Å². The third-order valence-electron chi connectivity index (χ3n) is 6.93. The van der Waals surface area contributed by atoms with Crippen LogP contribution in [-0.2, 0) is 4.79 Å². The minimum Gasteiger partial charge on any atom is -0.494 e. The molecule has 1 amide bonds. The lowest BCUT2D eigenvalue weighted by Gasteiger charge is -2.25. The molecule has 0 bridgehead atoms. The summed E-state index contributed by atoms with van der Waals surface area (Å²) in [5.74, 6) is -0.0803. The number of hydrogen-bond acceptors (Lipinski definition) is 3. The van der Waals surface area contributed by atoms with Crippen molar-refractivity contribution in [3.8, 4) is 34.0 Å². The van der Waals surface area contributed by atoms with Gasteiger partial charge >= 0.3 is 0 Å². The van der Waals surface area contributed by atoms with E-state index in [-0.39, 0.29) is 10.7 Å². The summed E-state index contributed by atoms with van der Waals surface area (Å²) in [6.07, 6.45) is 1.69. The van der Waals surface area contributed by atoms with E-state index in [0.717, 1.165) is 39.5 Å². The molecule has 5 aromatic rings. The third-order valence-corrected chi connectivity index (χ3v) is 7.21. The Balaban J connectivity index is 1.60. The van der Waals surface area contributed by atoms with Crippen LogP contribution in [0.15, 0.2) is 132 Å². The van der Waals surface area contributed by atoms with Gasteiger partial charge in [0, 0.05) is 11.3 Å². The Hall–Kier alpha value is -5.27.